The molecule has 0 spiro atoms. The zero-order chi connectivity index (χ0) is 13.7. The predicted molar refractivity (Wildman–Crippen MR) is 73.4 cm³/mol. The zero-order valence-electron chi connectivity index (χ0n) is 10.9. The Labute approximate surface area is 118 Å². The van der Waals surface area contributed by atoms with Crippen molar-refractivity contribution >= 4 is 17.5 Å². The first kappa shape index (κ1) is 14.2. The van der Waals surface area contributed by atoms with Crippen LogP contribution in [0.25, 0.3) is 0 Å². The molecule has 1 aromatic carbocycles. The van der Waals surface area contributed by atoms with Crippen LogP contribution in [0.1, 0.15) is 25.3 Å². The fourth-order valence-corrected chi connectivity index (χ4v) is 2.21. The van der Waals surface area contributed by atoms with Crippen LogP contribution >= 0.6 is 11.6 Å². The monoisotopic (exact) mass is 283 g/mol. The molecule has 1 aromatic rings. The maximum absolute atomic E-state index is 11.9. The van der Waals surface area contributed by atoms with Crippen molar-refractivity contribution in [1.29, 1.82) is 0 Å². The van der Waals surface area contributed by atoms with Crippen molar-refractivity contribution in [3.05, 3.63) is 28.8 Å². The fourth-order valence-electron chi connectivity index (χ4n) is 2.04. The Morgan fingerprint density at radius 1 is 1.58 bits per heavy atom. The Kier molecular flexibility index (Phi) is 5.05. The van der Waals surface area contributed by atoms with Gasteiger partial charge in [-0.25, -0.2) is 0 Å². The van der Waals surface area contributed by atoms with Gasteiger partial charge in [0.2, 0.25) is 5.91 Å². The molecule has 1 aliphatic heterocycles. The van der Waals surface area contributed by atoms with Crippen molar-refractivity contribution in [2.45, 2.75) is 32.4 Å². The van der Waals surface area contributed by atoms with E-state index in [4.69, 9.17) is 21.1 Å². The van der Waals surface area contributed by atoms with Gasteiger partial charge >= 0.3 is 0 Å². The third kappa shape index (κ3) is 3.85. The summed E-state index contributed by atoms with van der Waals surface area (Å²) in [6.07, 6.45) is 1.44. The van der Waals surface area contributed by atoms with E-state index in [0.717, 1.165) is 18.4 Å². The summed E-state index contributed by atoms with van der Waals surface area (Å²) in [5.41, 5.74) is 0.914. The van der Waals surface area contributed by atoms with E-state index in [1.807, 2.05) is 13.0 Å². The Bertz CT molecular complexity index is 444. The molecule has 104 valence electrons. The summed E-state index contributed by atoms with van der Waals surface area (Å²) in [5.74, 6) is 0.650. The minimum atomic E-state index is -0.303. The van der Waals surface area contributed by atoms with Gasteiger partial charge in [0, 0.05) is 23.7 Å². The van der Waals surface area contributed by atoms with E-state index in [1.165, 1.54) is 0 Å². The molecule has 0 radical (unpaired) electrons. The number of rotatable bonds is 5. The number of carbonyl (C=O) groups excluding carboxylic acids is 1. The molecule has 0 saturated carbocycles. The fraction of sp³-hybridized carbons (Fsp3) is 0.500. The minimum absolute atomic E-state index is 0.0603. The number of halogens is 1. The maximum atomic E-state index is 11.9. The van der Waals surface area contributed by atoms with Crippen LogP contribution in [-0.2, 0) is 16.1 Å². The quantitative estimate of drug-likeness (QED) is 0.903. The second-order valence-corrected chi connectivity index (χ2v) is 4.84. The predicted octanol–water partition coefficient (Wildman–Crippen LogP) is 2.53. The van der Waals surface area contributed by atoms with Crippen LogP contribution in [0.15, 0.2) is 18.2 Å². The maximum Gasteiger partial charge on any atom is 0.249 e. The van der Waals surface area contributed by atoms with Crippen LogP contribution in [0, 0.1) is 0 Å². The number of hydrogen-bond acceptors (Lipinski definition) is 3. The second-order valence-electron chi connectivity index (χ2n) is 4.40. The summed E-state index contributed by atoms with van der Waals surface area (Å²) in [6, 6.07) is 5.42. The molecule has 0 bridgehead atoms. The van der Waals surface area contributed by atoms with E-state index in [-0.39, 0.29) is 12.0 Å². The van der Waals surface area contributed by atoms with Crippen molar-refractivity contribution in [1.82, 2.24) is 5.32 Å². The highest BCUT2D eigenvalue weighted by Gasteiger charge is 2.23. The third-order valence-corrected chi connectivity index (χ3v) is 3.24. The number of amides is 1. The summed E-state index contributed by atoms with van der Waals surface area (Å²) in [5, 5.41) is 3.49. The molecule has 1 amide bonds. The van der Waals surface area contributed by atoms with Crippen LogP contribution in [0.5, 0.6) is 5.75 Å². The Morgan fingerprint density at radius 2 is 2.42 bits per heavy atom. The van der Waals surface area contributed by atoms with Gasteiger partial charge in [-0.05, 0) is 31.9 Å². The highest BCUT2D eigenvalue weighted by Crippen LogP contribution is 2.23. The summed E-state index contributed by atoms with van der Waals surface area (Å²) in [4.78, 5) is 11.9. The Hall–Kier alpha value is -1.26. The molecular weight excluding hydrogens is 266 g/mol. The largest absolute Gasteiger partial charge is 0.493 e. The number of nitrogens with one attached hydrogen (secondary N) is 1. The van der Waals surface area contributed by atoms with Gasteiger partial charge in [0.05, 0.1) is 6.61 Å². The Morgan fingerprint density at radius 3 is 3.11 bits per heavy atom. The highest BCUT2D eigenvalue weighted by atomic mass is 35.5. The van der Waals surface area contributed by atoms with E-state index >= 15 is 0 Å². The van der Waals surface area contributed by atoms with E-state index in [1.54, 1.807) is 12.1 Å². The highest BCUT2D eigenvalue weighted by molar-refractivity contribution is 6.30. The van der Waals surface area contributed by atoms with Crippen molar-refractivity contribution in [3.63, 3.8) is 0 Å². The molecule has 1 N–H and O–H groups in total. The summed E-state index contributed by atoms with van der Waals surface area (Å²) < 4.78 is 10.8. The lowest BCUT2D eigenvalue weighted by atomic mass is 10.2. The normalized spacial score (nSPS) is 18.3. The van der Waals surface area contributed by atoms with Crippen molar-refractivity contribution in [2.24, 2.45) is 0 Å². The van der Waals surface area contributed by atoms with Gasteiger partial charge < -0.3 is 14.8 Å². The number of carbonyl (C=O) groups is 1. The number of ether oxygens (including phenoxy) is 2. The molecule has 0 unspecified atom stereocenters. The average molecular weight is 284 g/mol. The van der Waals surface area contributed by atoms with Crippen LogP contribution in [0.4, 0.5) is 0 Å². The van der Waals surface area contributed by atoms with Crippen LogP contribution < -0.4 is 10.1 Å². The molecule has 5 heteroatoms. The first-order valence-electron chi connectivity index (χ1n) is 6.51. The first-order chi connectivity index (χ1) is 9.20. The van der Waals surface area contributed by atoms with Gasteiger partial charge in [0.1, 0.15) is 11.9 Å². The minimum Gasteiger partial charge on any atom is -0.493 e. The number of hydrogen-bond donors (Lipinski definition) is 1. The van der Waals surface area contributed by atoms with Gasteiger partial charge in [0.15, 0.2) is 0 Å². The molecule has 0 aromatic heterocycles. The Balaban J connectivity index is 1.96. The van der Waals surface area contributed by atoms with Crippen molar-refractivity contribution < 1.29 is 14.3 Å². The standard InChI is InChI=1S/C14H18ClNO3/c1-2-18-13-8-11(15)6-5-10(13)9-16-14(17)12-4-3-7-19-12/h5-6,8,12H,2-4,7,9H2,1H3,(H,16,17)/t12-/m0/s1. The molecule has 1 saturated heterocycles. The lowest BCUT2D eigenvalue weighted by molar-refractivity contribution is -0.130. The lowest BCUT2D eigenvalue weighted by Crippen LogP contribution is -2.33. The molecule has 2 rings (SSSR count). The van der Waals surface area contributed by atoms with Gasteiger partial charge in [0.25, 0.3) is 0 Å². The van der Waals surface area contributed by atoms with Crippen molar-refractivity contribution in [2.75, 3.05) is 13.2 Å². The topological polar surface area (TPSA) is 47.6 Å². The smallest absolute Gasteiger partial charge is 0.249 e. The van der Waals surface area contributed by atoms with Gasteiger partial charge in [-0.1, -0.05) is 17.7 Å². The zero-order valence-corrected chi connectivity index (χ0v) is 11.7. The molecular formula is C14H18ClNO3. The van der Waals surface area contributed by atoms with Gasteiger partial charge in [-0.2, -0.15) is 0 Å². The van der Waals surface area contributed by atoms with Gasteiger partial charge in [-0.15, -0.1) is 0 Å². The van der Waals surface area contributed by atoms with Gasteiger partial charge in [-0.3, -0.25) is 4.79 Å². The van der Waals surface area contributed by atoms with Crippen LogP contribution in [0.3, 0.4) is 0 Å². The van der Waals surface area contributed by atoms with Crippen LogP contribution in [-0.4, -0.2) is 25.2 Å². The molecule has 19 heavy (non-hydrogen) atoms. The van der Waals surface area contributed by atoms with E-state index in [2.05, 4.69) is 5.32 Å². The third-order valence-electron chi connectivity index (χ3n) is 3.00. The molecule has 1 atom stereocenters. The molecule has 4 nitrogen and oxygen atoms in total. The van der Waals surface area contributed by atoms with Crippen molar-refractivity contribution in [3.8, 4) is 5.75 Å². The van der Waals surface area contributed by atoms with E-state index in [0.29, 0.717) is 30.5 Å². The summed E-state index contributed by atoms with van der Waals surface area (Å²) in [7, 11) is 0. The summed E-state index contributed by atoms with van der Waals surface area (Å²) >= 11 is 5.93. The second kappa shape index (κ2) is 6.78. The average Bonchev–Trinajstić information content (AvgIpc) is 2.92. The SMILES string of the molecule is CCOc1cc(Cl)ccc1CNC(=O)[C@@H]1CCCO1. The molecule has 1 aliphatic rings. The van der Waals surface area contributed by atoms with E-state index < -0.39 is 0 Å². The number of benzene rings is 1. The lowest BCUT2D eigenvalue weighted by Gasteiger charge is -2.13. The first-order valence-corrected chi connectivity index (χ1v) is 6.89. The van der Waals surface area contributed by atoms with Crippen LogP contribution in [0.2, 0.25) is 5.02 Å². The molecule has 0 aliphatic carbocycles. The molecule has 1 heterocycles. The summed E-state index contributed by atoms with van der Waals surface area (Å²) in [6.45, 7) is 3.57. The van der Waals surface area contributed by atoms with E-state index in [9.17, 15) is 4.79 Å². The molecule has 1 fully saturated rings.